The lowest BCUT2D eigenvalue weighted by atomic mass is 9.92. The van der Waals surface area contributed by atoms with E-state index in [4.69, 9.17) is 4.74 Å². The Balaban J connectivity index is 1.83. The number of rotatable bonds is 4. The predicted octanol–water partition coefficient (Wildman–Crippen LogP) is 4.88. The largest absolute Gasteiger partial charge is 0.490 e. The summed E-state index contributed by atoms with van der Waals surface area (Å²) in [5.41, 5.74) is 0.976. The van der Waals surface area contributed by atoms with Gasteiger partial charge >= 0.3 is 6.03 Å². The van der Waals surface area contributed by atoms with Gasteiger partial charge in [0.05, 0.1) is 11.1 Å². The smallest absolute Gasteiger partial charge is 0.323 e. The number of carbonyl (C=O) groups excluding carboxylic acids is 2. The SMILES string of the molecule is CC(C)CN1C(=O)C(C)(C)COc2ccc(NC(=O)Nc3ccc(F)cc3)cc21. The Morgan fingerprint density at radius 3 is 2.41 bits per heavy atom. The molecule has 0 aromatic heterocycles. The minimum Gasteiger partial charge on any atom is -0.490 e. The van der Waals surface area contributed by atoms with Gasteiger partial charge in [0.1, 0.15) is 18.2 Å². The van der Waals surface area contributed by atoms with Crippen LogP contribution < -0.4 is 20.3 Å². The second-order valence-electron chi connectivity index (χ2n) is 8.25. The highest BCUT2D eigenvalue weighted by molar-refractivity contribution is 6.02. The summed E-state index contributed by atoms with van der Waals surface area (Å²) in [6.07, 6.45) is 0. The van der Waals surface area contributed by atoms with Crippen LogP contribution >= 0.6 is 0 Å². The number of benzene rings is 2. The number of hydrogen-bond acceptors (Lipinski definition) is 3. The maximum absolute atomic E-state index is 13.1. The van der Waals surface area contributed by atoms with Crippen molar-refractivity contribution in [3.05, 3.63) is 48.3 Å². The van der Waals surface area contributed by atoms with Gasteiger partial charge in [-0.3, -0.25) is 4.79 Å². The zero-order chi connectivity index (χ0) is 21.2. The summed E-state index contributed by atoms with van der Waals surface area (Å²) < 4.78 is 18.9. The molecule has 3 amide bonds. The van der Waals surface area contributed by atoms with Crippen LogP contribution in [0.1, 0.15) is 27.7 Å². The minimum atomic E-state index is -0.651. The maximum Gasteiger partial charge on any atom is 0.323 e. The van der Waals surface area contributed by atoms with Gasteiger partial charge in [0.15, 0.2) is 0 Å². The van der Waals surface area contributed by atoms with Gasteiger partial charge < -0.3 is 20.3 Å². The standard InChI is InChI=1S/C22H26FN3O3/c1-14(2)12-26-18-11-17(9-10-19(18)29-13-22(3,4)20(26)27)25-21(28)24-16-7-5-15(23)6-8-16/h5-11,14H,12-13H2,1-4H3,(H2,24,25,28). The molecule has 7 heteroatoms. The fraction of sp³-hybridized carbons (Fsp3) is 0.364. The van der Waals surface area contributed by atoms with Gasteiger partial charge in [-0.05, 0) is 62.2 Å². The Morgan fingerprint density at radius 2 is 1.76 bits per heavy atom. The second kappa shape index (κ2) is 8.11. The fourth-order valence-electron chi connectivity index (χ4n) is 3.10. The first kappa shape index (κ1) is 20.6. The number of nitrogens with zero attached hydrogens (tertiary/aromatic N) is 1. The normalized spacial score (nSPS) is 15.4. The molecule has 0 fully saturated rings. The molecule has 0 unspecified atom stereocenters. The van der Waals surface area contributed by atoms with E-state index in [0.717, 1.165) is 0 Å². The first-order chi connectivity index (χ1) is 13.7. The molecule has 6 nitrogen and oxygen atoms in total. The summed E-state index contributed by atoms with van der Waals surface area (Å²) in [6.45, 7) is 8.65. The molecular formula is C22H26FN3O3. The van der Waals surface area contributed by atoms with Crippen LogP contribution in [-0.4, -0.2) is 25.1 Å². The second-order valence-corrected chi connectivity index (χ2v) is 8.25. The highest BCUT2D eigenvalue weighted by atomic mass is 19.1. The molecule has 2 aromatic rings. The third-order valence-corrected chi connectivity index (χ3v) is 4.57. The van der Waals surface area contributed by atoms with E-state index in [1.165, 1.54) is 24.3 Å². The van der Waals surface area contributed by atoms with E-state index in [-0.39, 0.29) is 24.2 Å². The zero-order valence-electron chi connectivity index (χ0n) is 17.1. The van der Waals surface area contributed by atoms with Gasteiger partial charge in [0.25, 0.3) is 0 Å². The number of anilines is 3. The van der Waals surface area contributed by atoms with Crippen molar-refractivity contribution < 1.29 is 18.7 Å². The van der Waals surface area contributed by atoms with Gasteiger partial charge in [-0.2, -0.15) is 0 Å². The topological polar surface area (TPSA) is 70.7 Å². The highest BCUT2D eigenvalue weighted by Crippen LogP contribution is 2.38. The van der Waals surface area contributed by atoms with E-state index < -0.39 is 11.4 Å². The Bertz CT molecular complexity index is 910. The number of hydrogen-bond donors (Lipinski definition) is 2. The highest BCUT2D eigenvalue weighted by Gasteiger charge is 2.38. The van der Waals surface area contributed by atoms with E-state index in [9.17, 15) is 14.0 Å². The summed E-state index contributed by atoms with van der Waals surface area (Å²) in [6, 6.07) is 10.2. The number of halogens is 1. The minimum absolute atomic E-state index is 0.0159. The Labute approximate surface area is 170 Å². The number of urea groups is 1. The van der Waals surface area contributed by atoms with Gasteiger partial charge in [-0.25, -0.2) is 9.18 Å². The lowest BCUT2D eigenvalue weighted by molar-refractivity contribution is -0.127. The number of carbonyl (C=O) groups is 2. The van der Waals surface area contributed by atoms with Crippen molar-refractivity contribution in [3.63, 3.8) is 0 Å². The van der Waals surface area contributed by atoms with Crippen molar-refractivity contribution in [1.29, 1.82) is 0 Å². The molecule has 1 heterocycles. The van der Waals surface area contributed by atoms with E-state index in [1.54, 1.807) is 23.1 Å². The average Bonchev–Trinajstić information content (AvgIpc) is 2.74. The molecule has 29 heavy (non-hydrogen) atoms. The van der Waals surface area contributed by atoms with E-state index in [2.05, 4.69) is 10.6 Å². The third kappa shape index (κ3) is 4.85. The molecule has 1 aliphatic heterocycles. The van der Waals surface area contributed by atoms with Crippen molar-refractivity contribution >= 4 is 29.0 Å². The van der Waals surface area contributed by atoms with Gasteiger partial charge in [-0.15, -0.1) is 0 Å². The molecular weight excluding hydrogens is 373 g/mol. The Hall–Kier alpha value is -3.09. The monoisotopic (exact) mass is 399 g/mol. The van der Waals surface area contributed by atoms with Crippen LogP contribution in [0.15, 0.2) is 42.5 Å². The lowest BCUT2D eigenvalue weighted by Gasteiger charge is -2.29. The summed E-state index contributed by atoms with van der Waals surface area (Å²) >= 11 is 0. The molecule has 2 N–H and O–H groups in total. The van der Waals surface area contributed by atoms with Crippen LogP contribution in [0.3, 0.4) is 0 Å². The first-order valence-corrected chi connectivity index (χ1v) is 9.58. The van der Waals surface area contributed by atoms with Crippen LogP contribution in [0.5, 0.6) is 5.75 Å². The summed E-state index contributed by atoms with van der Waals surface area (Å²) in [7, 11) is 0. The quantitative estimate of drug-likeness (QED) is 0.770. The van der Waals surface area contributed by atoms with Gasteiger partial charge in [0.2, 0.25) is 5.91 Å². The van der Waals surface area contributed by atoms with Crippen molar-refractivity contribution in [1.82, 2.24) is 0 Å². The third-order valence-electron chi connectivity index (χ3n) is 4.57. The van der Waals surface area contributed by atoms with Crippen molar-refractivity contribution in [3.8, 4) is 5.75 Å². The van der Waals surface area contributed by atoms with Crippen LogP contribution in [0.4, 0.5) is 26.2 Å². The van der Waals surface area contributed by atoms with E-state index in [0.29, 0.717) is 29.4 Å². The number of nitrogens with one attached hydrogen (secondary N) is 2. The molecule has 0 atom stereocenters. The molecule has 1 aliphatic rings. The lowest BCUT2D eigenvalue weighted by Crippen LogP contribution is -2.43. The van der Waals surface area contributed by atoms with Crippen LogP contribution in [0.25, 0.3) is 0 Å². The first-order valence-electron chi connectivity index (χ1n) is 9.58. The Morgan fingerprint density at radius 1 is 1.14 bits per heavy atom. The summed E-state index contributed by atoms with van der Waals surface area (Å²) in [5.74, 6) is 0.477. The molecule has 0 saturated carbocycles. The van der Waals surface area contributed by atoms with Gasteiger partial charge in [0, 0.05) is 17.9 Å². The molecule has 0 spiro atoms. The van der Waals surface area contributed by atoms with Crippen LogP contribution in [0.2, 0.25) is 0 Å². The maximum atomic E-state index is 13.1. The molecule has 0 saturated heterocycles. The number of amides is 3. The van der Waals surface area contributed by atoms with Crippen molar-refractivity contribution in [2.45, 2.75) is 27.7 Å². The van der Waals surface area contributed by atoms with E-state index in [1.807, 2.05) is 27.7 Å². The summed E-state index contributed by atoms with van der Waals surface area (Å²) in [5, 5.41) is 5.39. The van der Waals surface area contributed by atoms with Crippen LogP contribution in [0, 0.1) is 17.2 Å². The van der Waals surface area contributed by atoms with Crippen LogP contribution in [-0.2, 0) is 4.79 Å². The molecule has 0 aliphatic carbocycles. The summed E-state index contributed by atoms with van der Waals surface area (Å²) in [4.78, 5) is 27.1. The average molecular weight is 399 g/mol. The molecule has 2 aromatic carbocycles. The molecule has 154 valence electrons. The number of ether oxygens (including phenoxy) is 1. The zero-order valence-corrected chi connectivity index (χ0v) is 17.1. The Kier molecular flexibility index (Phi) is 5.77. The molecule has 3 rings (SSSR count). The molecule has 0 radical (unpaired) electrons. The van der Waals surface area contributed by atoms with Gasteiger partial charge in [-0.1, -0.05) is 13.8 Å². The predicted molar refractivity (Wildman–Crippen MR) is 112 cm³/mol. The fourth-order valence-corrected chi connectivity index (χ4v) is 3.10. The van der Waals surface area contributed by atoms with Crippen molar-refractivity contribution in [2.24, 2.45) is 11.3 Å². The molecule has 0 bridgehead atoms. The van der Waals surface area contributed by atoms with E-state index >= 15 is 0 Å². The number of fused-ring (bicyclic) bond motifs is 1. The van der Waals surface area contributed by atoms with Crippen molar-refractivity contribution in [2.75, 3.05) is 28.7 Å².